The fraction of sp³-hybridized carbons (Fsp3) is 0.304. The topological polar surface area (TPSA) is 83.8 Å². The quantitative estimate of drug-likeness (QED) is 0.498. The molecular formula is C23H20F2N4O3. The zero-order valence-electron chi connectivity index (χ0n) is 17.1. The smallest absolute Gasteiger partial charge is 0.323 e. The molecule has 164 valence electrons. The molecule has 9 heteroatoms. The van der Waals surface area contributed by atoms with Gasteiger partial charge in [-0.15, -0.1) is 0 Å². The lowest BCUT2D eigenvalue weighted by Crippen LogP contribution is -2.51. The number of benzene rings is 1. The molecule has 0 atom stereocenters. The summed E-state index contributed by atoms with van der Waals surface area (Å²) in [5, 5.41) is 2.55. The van der Waals surface area contributed by atoms with Crippen LogP contribution in [0.1, 0.15) is 36.0 Å². The number of hydrogen-bond donors (Lipinski definition) is 1. The van der Waals surface area contributed by atoms with Gasteiger partial charge in [-0.3, -0.25) is 18.9 Å². The number of amides is 3. The Morgan fingerprint density at radius 2 is 1.75 bits per heavy atom. The highest BCUT2D eigenvalue weighted by Gasteiger charge is 2.55. The normalized spacial score (nSPS) is 19.5. The van der Waals surface area contributed by atoms with Gasteiger partial charge in [0, 0.05) is 30.2 Å². The van der Waals surface area contributed by atoms with Crippen molar-refractivity contribution in [2.24, 2.45) is 0 Å². The van der Waals surface area contributed by atoms with Gasteiger partial charge in [0.25, 0.3) is 5.91 Å². The maximum Gasteiger partial charge on any atom is 0.325 e. The van der Waals surface area contributed by atoms with Crippen molar-refractivity contribution in [2.45, 2.75) is 37.1 Å². The van der Waals surface area contributed by atoms with Gasteiger partial charge in [0.05, 0.1) is 18.4 Å². The van der Waals surface area contributed by atoms with Crippen LogP contribution in [0.25, 0.3) is 16.9 Å². The number of halogens is 2. The van der Waals surface area contributed by atoms with Crippen LogP contribution in [-0.4, -0.2) is 50.0 Å². The van der Waals surface area contributed by atoms with Gasteiger partial charge in [-0.1, -0.05) is 30.3 Å². The van der Waals surface area contributed by atoms with Gasteiger partial charge >= 0.3 is 6.03 Å². The van der Waals surface area contributed by atoms with Crippen LogP contribution in [0.15, 0.2) is 54.9 Å². The summed E-state index contributed by atoms with van der Waals surface area (Å²) < 4.78 is 29.0. The van der Waals surface area contributed by atoms with E-state index < -0.39 is 48.6 Å². The number of aromatic nitrogens is 2. The van der Waals surface area contributed by atoms with Crippen molar-refractivity contribution in [1.29, 1.82) is 0 Å². The van der Waals surface area contributed by atoms with E-state index >= 15 is 0 Å². The Hall–Kier alpha value is -3.62. The van der Waals surface area contributed by atoms with Crippen LogP contribution in [0.3, 0.4) is 0 Å². The summed E-state index contributed by atoms with van der Waals surface area (Å²) in [5.41, 5.74) is 1.54. The van der Waals surface area contributed by atoms with E-state index in [-0.39, 0.29) is 12.8 Å². The van der Waals surface area contributed by atoms with Gasteiger partial charge in [0.2, 0.25) is 5.92 Å². The van der Waals surface area contributed by atoms with Gasteiger partial charge in [-0.2, -0.15) is 0 Å². The molecule has 1 spiro atoms. The second-order valence-corrected chi connectivity index (χ2v) is 8.33. The minimum Gasteiger partial charge on any atom is -0.323 e. The molecule has 0 bridgehead atoms. The fourth-order valence-corrected chi connectivity index (χ4v) is 4.41. The molecule has 1 aliphatic carbocycles. The number of imide groups is 1. The molecule has 1 saturated carbocycles. The molecule has 5 rings (SSSR count). The summed E-state index contributed by atoms with van der Waals surface area (Å²) in [4.78, 5) is 43.2. The Balaban J connectivity index is 1.31. The number of carbonyl (C=O) groups is 3. The molecule has 1 aliphatic heterocycles. The summed E-state index contributed by atoms with van der Waals surface area (Å²) in [5.74, 6) is -3.84. The predicted octanol–water partition coefficient (Wildman–Crippen LogP) is 3.68. The van der Waals surface area contributed by atoms with Crippen LogP contribution in [0.5, 0.6) is 0 Å². The van der Waals surface area contributed by atoms with Crippen molar-refractivity contribution in [3.8, 4) is 11.3 Å². The van der Waals surface area contributed by atoms with Gasteiger partial charge in [-0.05, 0) is 25.0 Å². The second-order valence-electron chi connectivity index (χ2n) is 8.33. The third-order valence-corrected chi connectivity index (χ3v) is 6.30. The highest BCUT2D eigenvalue weighted by atomic mass is 19.3. The fourth-order valence-electron chi connectivity index (χ4n) is 4.41. The lowest BCUT2D eigenvalue weighted by Gasteiger charge is -2.34. The molecule has 32 heavy (non-hydrogen) atoms. The van der Waals surface area contributed by atoms with Crippen LogP contribution in [0.4, 0.5) is 13.6 Å². The SMILES string of the molecule is O=C(CN1C(=O)NC2(CCC(F)(F)CC2)C1=O)c1ccc(-c2cnc3ccccn23)cc1. The molecule has 0 unspecified atom stereocenters. The summed E-state index contributed by atoms with van der Waals surface area (Å²) in [7, 11) is 0. The minimum absolute atomic E-state index is 0.136. The average molecular weight is 438 g/mol. The van der Waals surface area contributed by atoms with E-state index in [2.05, 4.69) is 10.3 Å². The first-order valence-corrected chi connectivity index (χ1v) is 10.4. The van der Waals surface area contributed by atoms with E-state index in [1.54, 1.807) is 30.5 Å². The predicted molar refractivity (Wildman–Crippen MR) is 111 cm³/mol. The molecule has 1 aromatic carbocycles. The molecule has 2 fully saturated rings. The monoisotopic (exact) mass is 438 g/mol. The van der Waals surface area contributed by atoms with E-state index in [0.29, 0.717) is 5.56 Å². The van der Waals surface area contributed by atoms with Crippen LogP contribution < -0.4 is 5.32 Å². The number of Topliss-reactive ketones (excluding diaryl/α,β-unsaturated/α-hetero) is 1. The lowest BCUT2D eigenvalue weighted by atomic mass is 9.80. The number of rotatable bonds is 4. The minimum atomic E-state index is -2.83. The highest BCUT2D eigenvalue weighted by molar-refractivity contribution is 6.11. The van der Waals surface area contributed by atoms with Gasteiger partial charge in [0.1, 0.15) is 11.2 Å². The lowest BCUT2D eigenvalue weighted by molar-refractivity contribution is -0.135. The number of hydrogen-bond acceptors (Lipinski definition) is 4. The first-order chi connectivity index (χ1) is 15.3. The van der Waals surface area contributed by atoms with E-state index in [4.69, 9.17) is 0 Å². The van der Waals surface area contributed by atoms with Crippen molar-refractivity contribution in [1.82, 2.24) is 19.6 Å². The van der Waals surface area contributed by atoms with Gasteiger partial charge in [-0.25, -0.2) is 18.6 Å². The maximum absolute atomic E-state index is 13.5. The first-order valence-electron chi connectivity index (χ1n) is 10.4. The Morgan fingerprint density at radius 3 is 2.47 bits per heavy atom. The molecular weight excluding hydrogens is 418 g/mol. The molecule has 7 nitrogen and oxygen atoms in total. The van der Waals surface area contributed by atoms with Crippen molar-refractivity contribution >= 4 is 23.4 Å². The molecule has 3 amide bonds. The number of imidazole rings is 1. The number of nitrogens with zero attached hydrogens (tertiary/aromatic N) is 3. The van der Waals surface area contributed by atoms with Crippen LogP contribution in [0, 0.1) is 0 Å². The van der Waals surface area contributed by atoms with Crippen molar-refractivity contribution in [2.75, 3.05) is 6.54 Å². The summed E-state index contributed by atoms with van der Waals surface area (Å²) in [6, 6.07) is 11.8. The number of nitrogens with one attached hydrogen (secondary N) is 1. The molecule has 1 saturated heterocycles. The summed E-state index contributed by atoms with van der Waals surface area (Å²) >= 11 is 0. The largest absolute Gasteiger partial charge is 0.325 e. The van der Waals surface area contributed by atoms with E-state index in [9.17, 15) is 23.2 Å². The molecule has 2 aliphatic rings. The number of ketones is 1. The molecule has 1 N–H and O–H groups in total. The molecule has 3 heterocycles. The molecule has 0 radical (unpaired) electrons. The van der Waals surface area contributed by atoms with E-state index in [1.165, 1.54) is 0 Å². The third kappa shape index (κ3) is 3.34. The molecule has 2 aromatic heterocycles. The van der Waals surface area contributed by atoms with Gasteiger partial charge in [0.15, 0.2) is 5.78 Å². The zero-order valence-corrected chi connectivity index (χ0v) is 17.1. The highest BCUT2D eigenvalue weighted by Crippen LogP contribution is 2.41. The number of carbonyl (C=O) groups excluding carboxylic acids is 3. The number of pyridine rings is 1. The first kappa shape index (κ1) is 20.3. The maximum atomic E-state index is 13.5. The standard InChI is InChI=1S/C23H20F2N4O3/c24-23(25)10-8-22(9-11-23)20(31)29(21(32)27-22)14-18(30)16-6-4-15(5-7-16)17-13-26-19-3-1-2-12-28(17)19/h1-7,12-13H,8-11,14H2,(H,27,32). The van der Waals surface area contributed by atoms with Crippen molar-refractivity contribution < 1.29 is 23.2 Å². The van der Waals surface area contributed by atoms with Crippen LogP contribution in [0.2, 0.25) is 0 Å². The Labute approximate surface area is 182 Å². The second kappa shape index (κ2) is 7.22. The Bertz CT molecular complexity index is 1230. The summed E-state index contributed by atoms with van der Waals surface area (Å²) in [6.07, 6.45) is 2.43. The van der Waals surface area contributed by atoms with Crippen molar-refractivity contribution in [3.63, 3.8) is 0 Å². The van der Waals surface area contributed by atoms with E-state index in [1.807, 2.05) is 28.8 Å². The van der Waals surface area contributed by atoms with Crippen LogP contribution >= 0.6 is 0 Å². The Morgan fingerprint density at radius 1 is 1.03 bits per heavy atom. The number of urea groups is 1. The van der Waals surface area contributed by atoms with E-state index in [0.717, 1.165) is 21.8 Å². The summed E-state index contributed by atoms with van der Waals surface area (Å²) in [6.45, 7) is -0.433. The Kier molecular flexibility index (Phi) is 4.58. The number of alkyl halides is 2. The van der Waals surface area contributed by atoms with Crippen LogP contribution in [-0.2, 0) is 4.79 Å². The number of fused-ring (bicyclic) bond motifs is 1. The zero-order chi connectivity index (χ0) is 22.5. The van der Waals surface area contributed by atoms with Crippen molar-refractivity contribution in [3.05, 3.63) is 60.4 Å². The average Bonchev–Trinajstić information content (AvgIpc) is 3.31. The molecule has 3 aromatic rings. The van der Waals surface area contributed by atoms with Gasteiger partial charge < -0.3 is 5.32 Å². The third-order valence-electron chi connectivity index (χ3n) is 6.30.